The zero-order chi connectivity index (χ0) is 17.8. The standard InChI is InChI=1S/C16H16F3NO3S/c1-23-11-13-4-2-3-12(9-13)10-20-24(21,22)15-7-5-14(6-8-15)16(17,18)19/h2-9,20H,10-11H2,1H3. The van der Waals surface area contributed by atoms with Crippen LogP contribution >= 0.6 is 0 Å². The van der Waals surface area contributed by atoms with Gasteiger partial charge in [-0.25, -0.2) is 13.1 Å². The predicted molar refractivity (Wildman–Crippen MR) is 82.6 cm³/mol. The third kappa shape index (κ3) is 4.80. The Morgan fingerprint density at radius 2 is 1.67 bits per heavy atom. The second-order valence-electron chi connectivity index (χ2n) is 5.10. The highest BCUT2D eigenvalue weighted by Crippen LogP contribution is 2.29. The molecule has 0 spiro atoms. The molecule has 0 aliphatic heterocycles. The van der Waals surface area contributed by atoms with Gasteiger partial charge in [-0.2, -0.15) is 13.2 Å². The van der Waals surface area contributed by atoms with Crippen molar-refractivity contribution in [1.82, 2.24) is 4.72 Å². The van der Waals surface area contributed by atoms with E-state index < -0.39 is 21.8 Å². The first-order valence-electron chi connectivity index (χ1n) is 6.96. The SMILES string of the molecule is COCc1cccc(CNS(=O)(=O)c2ccc(C(F)(F)F)cc2)c1. The Morgan fingerprint density at radius 1 is 1.04 bits per heavy atom. The Labute approximate surface area is 138 Å². The summed E-state index contributed by atoms with van der Waals surface area (Å²) in [5.41, 5.74) is 0.720. The van der Waals surface area contributed by atoms with E-state index in [0.29, 0.717) is 6.61 Å². The Balaban J connectivity index is 2.10. The summed E-state index contributed by atoms with van der Waals surface area (Å²) in [7, 11) is -2.34. The van der Waals surface area contributed by atoms with E-state index in [2.05, 4.69) is 4.72 Å². The predicted octanol–water partition coefficient (Wildman–Crippen LogP) is 3.33. The van der Waals surface area contributed by atoms with Crippen molar-refractivity contribution < 1.29 is 26.3 Å². The highest BCUT2D eigenvalue weighted by atomic mass is 32.2. The van der Waals surface area contributed by atoms with Crippen LogP contribution in [-0.2, 0) is 34.1 Å². The lowest BCUT2D eigenvalue weighted by Crippen LogP contribution is -2.23. The van der Waals surface area contributed by atoms with Crippen LogP contribution in [0, 0.1) is 0 Å². The summed E-state index contributed by atoms with van der Waals surface area (Å²) in [6.07, 6.45) is -4.50. The molecule has 0 aliphatic rings. The minimum atomic E-state index is -4.50. The molecule has 2 aromatic carbocycles. The molecule has 0 saturated heterocycles. The summed E-state index contributed by atoms with van der Waals surface area (Å²) in [4.78, 5) is -0.219. The molecule has 0 fully saturated rings. The summed E-state index contributed by atoms with van der Waals surface area (Å²) in [5, 5.41) is 0. The van der Waals surface area contributed by atoms with Crippen molar-refractivity contribution in [2.45, 2.75) is 24.2 Å². The normalized spacial score (nSPS) is 12.3. The summed E-state index contributed by atoms with van der Waals surface area (Å²) < 4.78 is 69.2. The number of sulfonamides is 1. The fourth-order valence-corrected chi connectivity index (χ4v) is 3.10. The van der Waals surface area contributed by atoms with E-state index in [-0.39, 0.29) is 11.4 Å². The maximum atomic E-state index is 12.5. The second kappa shape index (κ2) is 7.33. The highest BCUT2D eigenvalue weighted by molar-refractivity contribution is 7.89. The Bertz CT molecular complexity index is 787. The molecule has 0 saturated carbocycles. The molecule has 0 unspecified atom stereocenters. The van der Waals surface area contributed by atoms with Gasteiger partial charge in [0, 0.05) is 13.7 Å². The van der Waals surface area contributed by atoms with Crippen molar-refractivity contribution in [3.8, 4) is 0 Å². The summed E-state index contributed by atoms with van der Waals surface area (Å²) in [6, 6.07) is 10.5. The topological polar surface area (TPSA) is 55.4 Å². The molecule has 8 heteroatoms. The first-order chi connectivity index (χ1) is 11.2. The summed E-state index contributed by atoms with van der Waals surface area (Å²) in [6.45, 7) is 0.431. The molecule has 0 amide bonds. The van der Waals surface area contributed by atoms with Crippen molar-refractivity contribution in [2.24, 2.45) is 0 Å². The van der Waals surface area contributed by atoms with Gasteiger partial charge in [0.25, 0.3) is 0 Å². The smallest absolute Gasteiger partial charge is 0.380 e. The van der Waals surface area contributed by atoms with Crippen LogP contribution in [0.15, 0.2) is 53.4 Å². The minimum absolute atomic E-state index is 0.0287. The van der Waals surface area contributed by atoms with Crippen molar-refractivity contribution in [1.29, 1.82) is 0 Å². The van der Waals surface area contributed by atoms with Crippen molar-refractivity contribution in [3.05, 3.63) is 65.2 Å². The number of hydrogen-bond donors (Lipinski definition) is 1. The van der Waals surface area contributed by atoms with E-state index in [9.17, 15) is 21.6 Å². The number of ether oxygens (including phenoxy) is 1. The van der Waals surface area contributed by atoms with Crippen LogP contribution in [0.2, 0.25) is 0 Å². The molecule has 0 aromatic heterocycles. The van der Waals surface area contributed by atoms with Gasteiger partial charge >= 0.3 is 6.18 Å². The van der Waals surface area contributed by atoms with Gasteiger partial charge in [-0.15, -0.1) is 0 Å². The van der Waals surface area contributed by atoms with E-state index in [1.807, 2.05) is 6.07 Å². The minimum Gasteiger partial charge on any atom is -0.380 e. The molecule has 0 radical (unpaired) electrons. The monoisotopic (exact) mass is 359 g/mol. The fourth-order valence-electron chi connectivity index (χ4n) is 2.08. The molecule has 0 aliphatic carbocycles. The number of methoxy groups -OCH3 is 1. The number of hydrogen-bond acceptors (Lipinski definition) is 3. The number of alkyl halides is 3. The van der Waals surface area contributed by atoms with Crippen LogP contribution in [0.5, 0.6) is 0 Å². The molecule has 130 valence electrons. The summed E-state index contributed by atoms with van der Waals surface area (Å²) >= 11 is 0. The quantitative estimate of drug-likeness (QED) is 0.861. The van der Waals surface area contributed by atoms with E-state index in [1.54, 1.807) is 25.3 Å². The molecule has 24 heavy (non-hydrogen) atoms. The maximum Gasteiger partial charge on any atom is 0.416 e. The zero-order valence-electron chi connectivity index (χ0n) is 12.8. The molecule has 1 N–H and O–H groups in total. The van der Waals surface area contributed by atoms with Gasteiger partial charge in [0.15, 0.2) is 0 Å². The van der Waals surface area contributed by atoms with E-state index >= 15 is 0 Å². The molecule has 2 rings (SSSR count). The lowest BCUT2D eigenvalue weighted by molar-refractivity contribution is -0.137. The van der Waals surface area contributed by atoms with E-state index in [0.717, 1.165) is 35.4 Å². The average molecular weight is 359 g/mol. The number of benzene rings is 2. The lowest BCUT2D eigenvalue weighted by atomic mass is 10.1. The molecular weight excluding hydrogens is 343 g/mol. The van der Waals surface area contributed by atoms with Crippen molar-refractivity contribution >= 4 is 10.0 Å². The molecular formula is C16H16F3NO3S. The number of nitrogens with one attached hydrogen (secondary N) is 1. The fraction of sp³-hybridized carbons (Fsp3) is 0.250. The van der Waals surface area contributed by atoms with Crippen LogP contribution in [0.4, 0.5) is 13.2 Å². The molecule has 4 nitrogen and oxygen atoms in total. The van der Waals surface area contributed by atoms with E-state index in [4.69, 9.17) is 4.74 Å². The van der Waals surface area contributed by atoms with Gasteiger partial charge in [0.1, 0.15) is 0 Å². The molecule has 0 atom stereocenters. The van der Waals surface area contributed by atoms with Crippen LogP contribution in [0.25, 0.3) is 0 Å². The first kappa shape index (κ1) is 18.4. The van der Waals surface area contributed by atoms with Gasteiger partial charge in [-0.3, -0.25) is 0 Å². The zero-order valence-corrected chi connectivity index (χ0v) is 13.6. The van der Waals surface area contributed by atoms with Crippen molar-refractivity contribution in [3.63, 3.8) is 0 Å². The van der Waals surface area contributed by atoms with Gasteiger partial charge < -0.3 is 4.74 Å². The van der Waals surface area contributed by atoms with Crippen molar-refractivity contribution in [2.75, 3.05) is 7.11 Å². The van der Waals surface area contributed by atoms with Crippen LogP contribution in [0.3, 0.4) is 0 Å². The lowest BCUT2D eigenvalue weighted by Gasteiger charge is -2.10. The van der Waals surface area contributed by atoms with Crippen LogP contribution < -0.4 is 4.72 Å². The molecule has 0 heterocycles. The Kier molecular flexibility index (Phi) is 5.63. The van der Waals surface area contributed by atoms with Gasteiger partial charge in [-0.05, 0) is 35.4 Å². The third-order valence-corrected chi connectivity index (χ3v) is 4.68. The largest absolute Gasteiger partial charge is 0.416 e. The summed E-state index contributed by atoms with van der Waals surface area (Å²) in [5.74, 6) is 0. The van der Waals surface area contributed by atoms with Gasteiger partial charge in [0.05, 0.1) is 17.1 Å². The van der Waals surface area contributed by atoms with Gasteiger partial charge in [-0.1, -0.05) is 24.3 Å². The molecule has 2 aromatic rings. The highest BCUT2D eigenvalue weighted by Gasteiger charge is 2.30. The second-order valence-corrected chi connectivity index (χ2v) is 6.87. The van der Waals surface area contributed by atoms with Crippen LogP contribution in [-0.4, -0.2) is 15.5 Å². The van der Waals surface area contributed by atoms with E-state index in [1.165, 1.54) is 0 Å². The Morgan fingerprint density at radius 3 is 2.25 bits per heavy atom. The van der Waals surface area contributed by atoms with Gasteiger partial charge in [0.2, 0.25) is 10.0 Å². The van der Waals surface area contributed by atoms with Crippen LogP contribution in [0.1, 0.15) is 16.7 Å². The number of halogens is 3. The average Bonchev–Trinajstić information content (AvgIpc) is 2.53. The third-order valence-electron chi connectivity index (χ3n) is 3.26. The first-order valence-corrected chi connectivity index (χ1v) is 8.44. The Hall–Kier alpha value is -1.90. The molecule has 0 bridgehead atoms. The number of rotatable bonds is 6. The maximum absolute atomic E-state index is 12.5.